The zero-order valence-electron chi connectivity index (χ0n) is 11.3. The number of ether oxygens (including phenoxy) is 4. The van der Waals surface area contributed by atoms with Crippen LogP contribution in [0.25, 0.3) is 0 Å². The molecular weight excluding hydrogens is 240 g/mol. The van der Waals surface area contributed by atoms with Crippen LogP contribution in [0.2, 0.25) is 0 Å². The predicted molar refractivity (Wildman–Crippen MR) is 62.7 cm³/mol. The van der Waals surface area contributed by atoms with Crippen molar-refractivity contribution in [3.05, 3.63) is 0 Å². The van der Waals surface area contributed by atoms with E-state index in [-0.39, 0.29) is 25.5 Å². The maximum Gasteiger partial charge on any atom is 0.311 e. The van der Waals surface area contributed by atoms with Gasteiger partial charge in [0.2, 0.25) is 0 Å². The number of hydrogen-bond acceptors (Lipinski definition) is 6. The highest BCUT2D eigenvalue weighted by atomic mass is 16.7. The lowest BCUT2D eigenvalue weighted by molar-refractivity contribution is -0.166. The van der Waals surface area contributed by atoms with Crippen molar-refractivity contribution in [2.75, 3.05) is 20.5 Å². The van der Waals surface area contributed by atoms with E-state index in [1.807, 2.05) is 0 Å². The number of carbonyl (C=O) groups excluding carboxylic acids is 1. The zero-order chi connectivity index (χ0) is 13.8. The molecule has 1 unspecified atom stereocenters. The van der Waals surface area contributed by atoms with Crippen molar-refractivity contribution < 1.29 is 28.8 Å². The monoisotopic (exact) mass is 262 g/mol. The fourth-order valence-corrected chi connectivity index (χ4v) is 1.55. The Labute approximate surface area is 107 Å². The molecule has 0 amide bonds. The van der Waals surface area contributed by atoms with Crippen molar-refractivity contribution in [3.63, 3.8) is 0 Å². The fraction of sp³-hybridized carbons (Fsp3) is 0.917. The predicted octanol–water partition coefficient (Wildman–Crippen LogP) is 0.672. The number of hydrogen-bond donors (Lipinski definition) is 1. The van der Waals surface area contributed by atoms with Crippen LogP contribution in [0.3, 0.4) is 0 Å². The third-order valence-corrected chi connectivity index (χ3v) is 2.57. The third-order valence-electron chi connectivity index (χ3n) is 2.57. The smallest absolute Gasteiger partial charge is 0.311 e. The van der Waals surface area contributed by atoms with Crippen molar-refractivity contribution in [2.24, 2.45) is 5.41 Å². The van der Waals surface area contributed by atoms with Crippen molar-refractivity contribution in [1.29, 1.82) is 0 Å². The molecule has 0 aromatic heterocycles. The highest BCUT2D eigenvalue weighted by Crippen LogP contribution is 2.23. The molecule has 3 atom stereocenters. The van der Waals surface area contributed by atoms with Crippen molar-refractivity contribution >= 4 is 5.97 Å². The molecule has 1 N–H and O–H groups in total. The van der Waals surface area contributed by atoms with E-state index in [9.17, 15) is 9.90 Å². The maximum absolute atomic E-state index is 11.6. The molecule has 0 radical (unpaired) electrons. The Bertz CT molecular complexity index is 272. The van der Waals surface area contributed by atoms with Gasteiger partial charge in [-0.25, -0.2) is 0 Å². The van der Waals surface area contributed by atoms with Gasteiger partial charge >= 0.3 is 5.97 Å². The molecule has 1 fully saturated rings. The molecule has 1 aliphatic rings. The molecule has 0 aromatic carbocycles. The lowest BCUT2D eigenvalue weighted by Gasteiger charge is -2.21. The summed E-state index contributed by atoms with van der Waals surface area (Å²) in [6, 6.07) is 0. The summed E-state index contributed by atoms with van der Waals surface area (Å²) in [6.45, 7) is 5.52. The summed E-state index contributed by atoms with van der Waals surface area (Å²) in [5.74, 6) is -0.307. The molecule has 0 saturated carbocycles. The zero-order valence-corrected chi connectivity index (χ0v) is 11.3. The highest BCUT2D eigenvalue weighted by molar-refractivity contribution is 5.75. The standard InChI is InChI=1S/C12H22O6/c1-12(2,3)11(14)16-6-9-8(17-7-15-4)5-10(13)18-9/h8-10,13H,5-7H2,1-4H3/t8-,9+,10?/m0/s1. The minimum Gasteiger partial charge on any atom is -0.462 e. The molecule has 0 bridgehead atoms. The third kappa shape index (κ3) is 4.53. The molecule has 1 saturated heterocycles. The number of aliphatic hydroxyl groups is 1. The van der Waals surface area contributed by atoms with Gasteiger partial charge in [-0.1, -0.05) is 0 Å². The molecular formula is C12H22O6. The molecule has 1 heterocycles. The van der Waals surface area contributed by atoms with Gasteiger partial charge in [-0.05, 0) is 20.8 Å². The Balaban J connectivity index is 2.41. The van der Waals surface area contributed by atoms with Crippen LogP contribution < -0.4 is 0 Å². The first-order valence-corrected chi connectivity index (χ1v) is 5.96. The molecule has 6 heteroatoms. The minimum absolute atomic E-state index is 0.0710. The fourth-order valence-electron chi connectivity index (χ4n) is 1.55. The summed E-state index contributed by atoms with van der Waals surface area (Å²) >= 11 is 0. The second-order valence-corrected chi connectivity index (χ2v) is 5.32. The summed E-state index contributed by atoms with van der Waals surface area (Å²) in [5.41, 5.74) is -0.555. The summed E-state index contributed by atoms with van der Waals surface area (Å²) in [6.07, 6.45) is -1.32. The van der Waals surface area contributed by atoms with Crippen molar-refractivity contribution in [3.8, 4) is 0 Å². The number of methoxy groups -OCH3 is 1. The topological polar surface area (TPSA) is 74.2 Å². The summed E-state index contributed by atoms with van der Waals surface area (Å²) < 4.78 is 20.5. The van der Waals surface area contributed by atoms with Crippen LogP contribution in [-0.4, -0.2) is 50.1 Å². The van der Waals surface area contributed by atoms with Crippen molar-refractivity contribution in [1.82, 2.24) is 0 Å². The largest absolute Gasteiger partial charge is 0.462 e. The van der Waals surface area contributed by atoms with E-state index in [0.717, 1.165) is 0 Å². The Hall–Kier alpha value is -0.690. The SMILES string of the molecule is COCO[C@H]1CC(O)O[C@@H]1COC(=O)C(C)(C)C. The first kappa shape index (κ1) is 15.4. The van der Waals surface area contributed by atoms with Crippen LogP contribution >= 0.6 is 0 Å². The first-order chi connectivity index (χ1) is 8.34. The minimum atomic E-state index is -0.884. The Morgan fingerprint density at radius 2 is 2.11 bits per heavy atom. The Morgan fingerprint density at radius 1 is 1.44 bits per heavy atom. The van der Waals surface area contributed by atoms with Gasteiger partial charge in [0.15, 0.2) is 6.29 Å². The van der Waals surface area contributed by atoms with Crippen LogP contribution in [0.5, 0.6) is 0 Å². The molecule has 0 aliphatic carbocycles. The molecule has 1 aliphatic heterocycles. The van der Waals surface area contributed by atoms with E-state index in [1.165, 1.54) is 7.11 Å². The van der Waals surface area contributed by atoms with Gasteiger partial charge < -0.3 is 24.1 Å². The van der Waals surface area contributed by atoms with Crippen LogP contribution in [0.4, 0.5) is 0 Å². The van der Waals surface area contributed by atoms with Crippen LogP contribution in [0, 0.1) is 5.41 Å². The van der Waals surface area contributed by atoms with E-state index in [0.29, 0.717) is 6.42 Å². The first-order valence-electron chi connectivity index (χ1n) is 5.96. The summed E-state index contributed by atoms with van der Waals surface area (Å²) in [4.78, 5) is 11.6. The molecule has 6 nitrogen and oxygen atoms in total. The molecule has 0 aromatic rings. The second kappa shape index (κ2) is 6.47. The normalized spacial score (nSPS) is 28.4. The number of carbonyl (C=O) groups is 1. The average Bonchev–Trinajstić information content (AvgIpc) is 2.62. The molecule has 1 rings (SSSR count). The van der Waals surface area contributed by atoms with Gasteiger partial charge in [0.1, 0.15) is 19.5 Å². The second-order valence-electron chi connectivity index (χ2n) is 5.32. The number of esters is 1. The van der Waals surface area contributed by atoms with E-state index in [1.54, 1.807) is 20.8 Å². The lowest BCUT2D eigenvalue weighted by atomic mass is 9.97. The van der Waals surface area contributed by atoms with Crippen LogP contribution in [0.1, 0.15) is 27.2 Å². The van der Waals surface area contributed by atoms with E-state index in [4.69, 9.17) is 18.9 Å². The van der Waals surface area contributed by atoms with Crippen LogP contribution in [0.15, 0.2) is 0 Å². The van der Waals surface area contributed by atoms with Gasteiger partial charge in [-0.3, -0.25) is 4.79 Å². The molecule has 18 heavy (non-hydrogen) atoms. The summed E-state index contributed by atoms with van der Waals surface area (Å²) in [7, 11) is 1.51. The maximum atomic E-state index is 11.6. The molecule has 0 spiro atoms. The Morgan fingerprint density at radius 3 is 2.67 bits per heavy atom. The van der Waals surface area contributed by atoms with E-state index < -0.39 is 17.8 Å². The van der Waals surface area contributed by atoms with Gasteiger partial charge in [0.25, 0.3) is 0 Å². The van der Waals surface area contributed by atoms with E-state index in [2.05, 4.69) is 0 Å². The Kier molecular flexibility index (Phi) is 5.52. The molecule has 106 valence electrons. The van der Waals surface area contributed by atoms with Gasteiger partial charge in [0.05, 0.1) is 11.5 Å². The average molecular weight is 262 g/mol. The number of rotatable bonds is 5. The lowest BCUT2D eigenvalue weighted by Crippen LogP contribution is -2.33. The summed E-state index contributed by atoms with van der Waals surface area (Å²) in [5, 5.41) is 9.41. The highest BCUT2D eigenvalue weighted by Gasteiger charge is 2.36. The number of aliphatic hydroxyl groups excluding tert-OH is 1. The quantitative estimate of drug-likeness (QED) is 0.580. The van der Waals surface area contributed by atoms with Gasteiger partial charge in [-0.2, -0.15) is 0 Å². The van der Waals surface area contributed by atoms with Crippen LogP contribution in [-0.2, 0) is 23.7 Å². The van der Waals surface area contributed by atoms with Gasteiger partial charge in [-0.15, -0.1) is 0 Å². The van der Waals surface area contributed by atoms with Gasteiger partial charge in [0, 0.05) is 13.5 Å². The van der Waals surface area contributed by atoms with Crippen molar-refractivity contribution in [2.45, 2.75) is 45.7 Å². The van der Waals surface area contributed by atoms with E-state index >= 15 is 0 Å².